The van der Waals surface area contributed by atoms with E-state index in [-0.39, 0.29) is 17.8 Å². The fourth-order valence-corrected chi connectivity index (χ4v) is 1.45. The van der Waals surface area contributed by atoms with Gasteiger partial charge in [-0.25, -0.2) is 4.98 Å². The fraction of sp³-hybridized carbons (Fsp3) is 0.636. The van der Waals surface area contributed by atoms with Gasteiger partial charge in [0, 0.05) is 20.2 Å². The zero-order chi connectivity index (χ0) is 14.5. The second kappa shape index (κ2) is 6.55. The predicted octanol–water partition coefficient (Wildman–Crippen LogP) is 2.37. The second-order valence-corrected chi connectivity index (χ2v) is 3.91. The summed E-state index contributed by atoms with van der Waals surface area (Å²) in [7, 11) is 3.00. The van der Waals surface area contributed by atoms with E-state index >= 15 is 0 Å². The molecule has 0 aliphatic carbocycles. The molecular weight excluding hydrogens is 261 g/mol. The van der Waals surface area contributed by atoms with E-state index < -0.39 is 11.9 Å². The number of hydrogen-bond acceptors (Lipinski definition) is 5. The van der Waals surface area contributed by atoms with Gasteiger partial charge in [0.1, 0.15) is 5.82 Å². The molecule has 0 amide bonds. The first-order valence-corrected chi connectivity index (χ1v) is 5.80. The van der Waals surface area contributed by atoms with Crippen LogP contribution in [0.5, 0.6) is 0 Å². The predicted molar refractivity (Wildman–Crippen MR) is 66.2 cm³/mol. The van der Waals surface area contributed by atoms with E-state index in [1.54, 1.807) is 0 Å². The molecule has 0 saturated carbocycles. The third kappa shape index (κ3) is 4.55. The Morgan fingerprint density at radius 3 is 2.53 bits per heavy atom. The van der Waals surface area contributed by atoms with Crippen LogP contribution in [0.3, 0.4) is 0 Å². The normalized spacial score (nSPS) is 13.2. The Morgan fingerprint density at radius 1 is 1.37 bits per heavy atom. The minimum Gasteiger partial charge on any atom is -0.383 e. The van der Waals surface area contributed by atoms with Crippen LogP contribution >= 0.6 is 0 Å². The summed E-state index contributed by atoms with van der Waals surface area (Å²) < 4.78 is 43.0. The summed E-state index contributed by atoms with van der Waals surface area (Å²) in [5.41, 5.74) is -0.985. The molecule has 2 N–H and O–H groups in total. The lowest BCUT2D eigenvalue weighted by molar-refractivity contribution is -0.141. The molecule has 8 heteroatoms. The minimum atomic E-state index is -4.51. The van der Waals surface area contributed by atoms with Crippen molar-refractivity contribution >= 4 is 11.8 Å². The quantitative estimate of drug-likeness (QED) is 0.836. The maximum Gasteiger partial charge on any atom is 0.433 e. The van der Waals surface area contributed by atoms with Crippen molar-refractivity contribution in [1.82, 2.24) is 9.97 Å². The number of ether oxygens (including phenoxy) is 1. The molecule has 0 bridgehead atoms. The van der Waals surface area contributed by atoms with Crippen molar-refractivity contribution in [3.05, 3.63) is 11.8 Å². The Bertz CT molecular complexity index is 411. The number of methoxy groups -OCH3 is 1. The van der Waals surface area contributed by atoms with E-state index in [9.17, 15) is 13.2 Å². The monoisotopic (exact) mass is 278 g/mol. The van der Waals surface area contributed by atoms with Gasteiger partial charge in [-0.15, -0.1) is 0 Å². The lowest BCUT2D eigenvalue weighted by Crippen LogP contribution is -2.25. The number of aromatic nitrogens is 2. The number of alkyl halides is 3. The number of nitrogens with zero attached hydrogens (tertiary/aromatic N) is 2. The van der Waals surface area contributed by atoms with Crippen LogP contribution in [0.1, 0.15) is 19.0 Å². The topological polar surface area (TPSA) is 59.1 Å². The summed E-state index contributed by atoms with van der Waals surface area (Å²) in [6.45, 7) is 2.29. The van der Waals surface area contributed by atoms with Crippen molar-refractivity contribution in [3.8, 4) is 0 Å². The molecule has 0 saturated heterocycles. The smallest absolute Gasteiger partial charge is 0.383 e. The highest BCUT2D eigenvalue weighted by Gasteiger charge is 2.33. The average Bonchev–Trinajstić information content (AvgIpc) is 2.36. The van der Waals surface area contributed by atoms with E-state index in [2.05, 4.69) is 20.6 Å². The van der Waals surface area contributed by atoms with Crippen molar-refractivity contribution in [3.63, 3.8) is 0 Å². The van der Waals surface area contributed by atoms with E-state index in [1.165, 1.54) is 14.2 Å². The van der Waals surface area contributed by atoms with Gasteiger partial charge in [-0.2, -0.15) is 18.2 Å². The molecule has 1 aromatic heterocycles. The molecule has 108 valence electrons. The molecule has 0 spiro atoms. The zero-order valence-corrected chi connectivity index (χ0v) is 11.0. The largest absolute Gasteiger partial charge is 0.433 e. The number of nitrogens with one attached hydrogen (secondary N) is 2. The molecule has 0 radical (unpaired) electrons. The van der Waals surface area contributed by atoms with Crippen LogP contribution in [0.2, 0.25) is 0 Å². The highest BCUT2D eigenvalue weighted by atomic mass is 19.4. The molecule has 1 rings (SSSR count). The Labute approximate surface area is 109 Å². The summed E-state index contributed by atoms with van der Waals surface area (Å²) in [6, 6.07) is 0.782. The zero-order valence-electron chi connectivity index (χ0n) is 11.0. The molecule has 1 unspecified atom stereocenters. The Hall–Kier alpha value is -1.57. The van der Waals surface area contributed by atoms with Crippen LogP contribution in [0, 0.1) is 0 Å². The van der Waals surface area contributed by atoms with Crippen molar-refractivity contribution in [2.24, 2.45) is 0 Å². The number of anilines is 2. The van der Waals surface area contributed by atoms with Crippen LogP contribution in [-0.4, -0.2) is 36.8 Å². The first-order valence-electron chi connectivity index (χ1n) is 5.80. The highest BCUT2D eigenvalue weighted by Crippen LogP contribution is 2.29. The SMILES string of the molecule is CCC(COC)Nc1cc(C(F)(F)F)nc(NC)n1. The van der Waals surface area contributed by atoms with Crippen molar-refractivity contribution in [1.29, 1.82) is 0 Å². The van der Waals surface area contributed by atoms with Crippen LogP contribution in [-0.2, 0) is 10.9 Å². The van der Waals surface area contributed by atoms with Crippen LogP contribution < -0.4 is 10.6 Å². The maximum absolute atomic E-state index is 12.7. The summed E-state index contributed by atoms with van der Waals surface area (Å²) in [5.74, 6) is 0.0418. The standard InChI is InChI=1S/C11H17F3N4O/c1-4-7(6-19-3)16-9-5-8(11(12,13)14)17-10(15-2)18-9/h5,7H,4,6H2,1-3H3,(H2,15,16,17,18). The summed E-state index contributed by atoms with van der Waals surface area (Å²) in [6.07, 6.45) is -3.80. The van der Waals surface area contributed by atoms with E-state index in [4.69, 9.17) is 4.74 Å². The molecule has 0 aliphatic rings. The van der Waals surface area contributed by atoms with Gasteiger partial charge in [-0.1, -0.05) is 6.92 Å². The van der Waals surface area contributed by atoms with Gasteiger partial charge in [0.15, 0.2) is 5.69 Å². The number of rotatable bonds is 6. The van der Waals surface area contributed by atoms with E-state index in [0.29, 0.717) is 13.0 Å². The van der Waals surface area contributed by atoms with Gasteiger partial charge in [-0.3, -0.25) is 0 Å². The van der Waals surface area contributed by atoms with E-state index in [0.717, 1.165) is 6.07 Å². The fourth-order valence-electron chi connectivity index (χ4n) is 1.45. The summed E-state index contributed by atoms with van der Waals surface area (Å²) in [5, 5.41) is 5.41. The summed E-state index contributed by atoms with van der Waals surface area (Å²) >= 11 is 0. The molecule has 0 fully saturated rings. The Morgan fingerprint density at radius 2 is 2.05 bits per heavy atom. The Kier molecular flexibility index (Phi) is 5.34. The minimum absolute atomic E-state index is 0.0791. The van der Waals surface area contributed by atoms with Gasteiger partial charge in [-0.05, 0) is 6.42 Å². The molecule has 1 aromatic rings. The molecule has 1 heterocycles. The van der Waals surface area contributed by atoms with Gasteiger partial charge in [0.25, 0.3) is 0 Å². The highest BCUT2D eigenvalue weighted by molar-refractivity contribution is 5.43. The molecule has 19 heavy (non-hydrogen) atoms. The van der Waals surface area contributed by atoms with Gasteiger partial charge >= 0.3 is 6.18 Å². The lowest BCUT2D eigenvalue weighted by atomic mass is 10.2. The van der Waals surface area contributed by atoms with Crippen LogP contribution in [0.25, 0.3) is 0 Å². The maximum atomic E-state index is 12.7. The van der Waals surface area contributed by atoms with Gasteiger partial charge < -0.3 is 15.4 Å². The molecule has 1 atom stereocenters. The lowest BCUT2D eigenvalue weighted by Gasteiger charge is -2.18. The number of hydrogen-bond donors (Lipinski definition) is 2. The molecule has 0 aromatic carbocycles. The third-order valence-corrected chi connectivity index (χ3v) is 2.45. The average molecular weight is 278 g/mol. The Balaban J connectivity index is 3.00. The first-order chi connectivity index (χ1) is 8.90. The van der Waals surface area contributed by atoms with Crippen LogP contribution in [0.15, 0.2) is 6.07 Å². The first kappa shape index (κ1) is 15.5. The molecular formula is C11H17F3N4O. The molecule has 0 aliphatic heterocycles. The second-order valence-electron chi connectivity index (χ2n) is 3.91. The number of halogens is 3. The van der Waals surface area contributed by atoms with Crippen molar-refractivity contribution in [2.75, 3.05) is 31.4 Å². The van der Waals surface area contributed by atoms with Crippen molar-refractivity contribution in [2.45, 2.75) is 25.6 Å². The third-order valence-electron chi connectivity index (χ3n) is 2.45. The molecule has 5 nitrogen and oxygen atoms in total. The van der Waals surface area contributed by atoms with Crippen molar-refractivity contribution < 1.29 is 17.9 Å². The summed E-state index contributed by atoms with van der Waals surface area (Å²) in [4.78, 5) is 7.33. The van der Waals surface area contributed by atoms with E-state index in [1.807, 2.05) is 6.92 Å². The van der Waals surface area contributed by atoms with Gasteiger partial charge in [0.05, 0.1) is 12.6 Å². The van der Waals surface area contributed by atoms with Gasteiger partial charge in [0.2, 0.25) is 5.95 Å². The van der Waals surface area contributed by atoms with Crippen LogP contribution in [0.4, 0.5) is 24.9 Å².